The van der Waals surface area contributed by atoms with Crippen LogP contribution in [0.1, 0.15) is 52.4 Å². The van der Waals surface area contributed by atoms with Gasteiger partial charge in [0.1, 0.15) is 5.78 Å². The van der Waals surface area contributed by atoms with Gasteiger partial charge in [0.25, 0.3) is 0 Å². The first-order valence-corrected chi connectivity index (χ1v) is 6.60. The highest BCUT2D eigenvalue weighted by molar-refractivity contribution is 5.81. The SMILES string of the molecule is COC(C)(C)CCC(=O)C1CC2CCC1C2. The van der Waals surface area contributed by atoms with Crippen molar-refractivity contribution in [2.24, 2.45) is 17.8 Å². The van der Waals surface area contributed by atoms with E-state index in [0.29, 0.717) is 18.1 Å². The molecule has 0 radical (unpaired) electrons. The Kier molecular flexibility index (Phi) is 3.39. The zero-order chi connectivity index (χ0) is 11.8. The lowest BCUT2D eigenvalue weighted by atomic mass is 9.83. The fraction of sp³-hybridized carbons (Fsp3) is 0.929. The maximum atomic E-state index is 12.1. The Morgan fingerprint density at radius 2 is 2.06 bits per heavy atom. The number of rotatable bonds is 5. The average molecular weight is 224 g/mol. The molecular formula is C14H24O2. The van der Waals surface area contributed by atoms with Crippen LogP contribution in [-0.4, -0.2) is 18.5 Å². The van der Waals surface area contributed by atoms with Crippen LogP contribution >= 0.6 is 0 Å². The Hall–Kier alpha value is -0.370. The minimum atomic E-state index is -0.146. The van der Waals surface area contributed by atoms with Gasteiger partial charge in [-0.25, -0.2) is 0 Å². The molecule has 2 heteroatoms. The zero-order valence-electron chi connectivity index (χ0n) is 10.8. The van der Waals surface area contributed by atoms with Gasteiger partial charge in [-0.1, -0.05) is 6.42 Å². The lowest BCUT2D eigenvalue weighted by Crippen LogP contribution is -2.27. The van der Waals surface area contributed by atoms with E-state index in [1.165, 1.54) is 25.7 Å². The summed E-state index contributed by atoms with van der Waals surface area (Å²) in [5.74, 6) is 2.49. The van der Waals surface area contributed by atoms with Crippen molar-refractivity contribution < 1.29 is 9.53 Å². The molecule has 3 unspecified atom stereocenters. The molecule has 2 nitrogen and oxygen atoms in total. The summed E-state index contributed by atoms with van der Waals surface area (Å²) in [5, 5.41) is 0. The molecule has 16 heavy (non-hydrogen) atoms. The molecule has 0 aromatic carbocycles. The van der Waals surface area contributed by atoms with E-state index >= 15 is 0 Å². The van der Waals surface area contributed by atoms with Gasteiger partial charge in [0.05, 0.1) is 5.60 Å². The highest BCUT2D eigenvalue weighted by atomic mass is 16.5. The van der Waals surface area contributed by atoms with E-state index in [2.05, 4.69) is 13.8 Å². The number of ketones is 1. The fourth-order valence-corrected chi connectivity index (χ4v) is 3.35. The lowest BCUT2D eigenvalue weighted by molar-refractivity contribution is -0.125. The predicted octanol–water partition coefficient (Wildman–Crippen LogP) is 3.20. The summed E-state index contributed by atoms with van der Waals surface area (Å²) < 4.78 is 5.36. The van der Waals surface area contributed by atoms with E-state index in [1.807, 2.05) is 0 Å². The van der Waals surface area contributed by atoms with Crippen molar-refractivity contribution in [1.82, 2.24) is 0 Å². The number of fused-ring (bicyclic) bond motifs is 2. The molecule has 0 N–H and O–H groups in total. The summed E-state index contributed by atoms with van der Waals surface area (Å²) in [6.07, 6.45) is 6.73. The molecule has 0 aromatic heterocycles. The Labute approximate surface area is 98.7 Å². The predicted molar refractivity (Wildman–Crippen MR) is 64.3 cm³/mol. The van der Waals surface area contributed by atoms with Crippen molar-refractivity contribution in [2.45, 2.75) is 58.0 Å². The van der Waals surface area contributed by atoms with Crippen LogP contribution in [0, 0.1) is 17.8 Å². The van der Waals surface area contributed by atoms with Crippen molar-refractivity contribution in [1.29, 1.82) is 0 Å². The van der Waals surface area contributed by atoms with E-state index in [1.54, 1.807) is 7.11 Å². The second-order valence-corrected chi connectivity index (χ2v) is 6.21. The van der Waals surface area contributed by atoms with Crippen LogP contribution in [0.2, 0.25) is 0 Å². The second kappa shape index (κ2) is 4.48. The van der Waals surface area contributed by atoms with E-state index < -0.39 is 0 Å². The maximum absolute atomic E-state index is 12.1. The lowest BCUT2D eigenvalue weighted by Gasteiger charge is -2.25. The minimum absolute atomic E-state index is 0.146. The van der Waals surface area contributed by atoms with Crippen LogP contribution in [0.4, 0.5) is 0 Å². The van der Waals surface area contributed by atoms with Crippen LogP contribution in [-0.2, 0) is 9.53 Å². The van der Waals surface area contributed by atoms with Gasteiger partial charge in [0.2, 0.25) is 0 Å². The fourth-order valence-electron chi connectivity index (χ4n) is 3.35. The molecule has 2 saturated carbocycles. The van der Waals surface area contributed by atoms with E-state index in [9.17, 15) is 4.79 Å². The van der Waals surface area contributed by atoms with Crippen LogP contribution in [0.5, 0.6) is 0 Å². The molecule has 2 rings (SSSR count). The topological polar surface area (TPSA) is 26.3 Å². The number of ether oxygens (including phenoxy) is 1. The first-order chi connectivity index (χ1) is 7.52. The van der Waals surface area contributed by atoms with Crippen molar-refractivity contribution >= 4 is 5.78 Å². The molecule has 2 bridgehead atoms. The summed E-state index contributed by atoms with van der Waals surface area (Å²) in [5.41, 5.74) is -0.146. The largest absolute Gasteiger partial charge is 0.379 e. The van der Waals surface area contributed by atoms with Crippen molar-refractivity contribution in [3.8, 4) is 0 Å². The molecule has 2 aliphatic carbocycles. The molecule has 0 heterocycles. The number of carbonyl (C=O) groups is 1. The highest BCUT2D eigenvalue weighted by Gasteiger charge is 2.42. The van der Waals surface area contributed by atoms with E-state index in [4.69, 9.17) is 4.74 Å². The molecule has 2 fully saturated rings. The summed E-state index contributed by atoms with van der Waals surface area (Å²) in [6, 6.07) is 0. The number of hydrogen-bond donors (Lipinski definition) is 0. The number of carbonyl (C=O) groups excluding carboxylic acids is 1. The molecule has 2 aliphatic rings. The third-order valence-electron chi connectivity index (χ3n) is 4.68. The Morgan fingerprint density at radius 1 is 1.31 bits per heavy atom. The number of methoxy groups -OCH3 is 1. The van der Waals surface area contributed by atoms with Gasteiger partial charge < -0.3 is 4.74 Å². The van der Waals surface area contributed by atoms with E-state index in [-0.39, 0.29) is 5.60 Å². The molecule has 92 valence electrons. The summed E-state index contributed by atoms with van der Waals surface area (Å²) in [4.78, 5) is 12.1. The van der Waals surface area contributed by atoms with Gasteiger partial charge in [-0.05, 0) is 51.4 Å². The van der Waals surface area contributed by atoms with Crippen LogP contribution < -0.4 is 0 Å². The monoisotopic (exact) mass is 224 g/mol. The molecule has 0 spiro atoms. The molecular weight excluding hydrogens is 200 g/mol. The van der Waals surface area contributed by atoms with Gasteiger partial charge in [-0.3, -0.25) is 4.79 Å². The van der Waals surface area contributed by atoms with Crippen molar-refractivity contribution in [3.63, 3.8) is 0 Å². The smallest absolute Gasteiger partial charge is 0.136 e. The Morgan fingerprint density at radius 3 is 2.56 bits per heavy atom. The standard InChI is InChI=1S/C14H24O2/c1-14(2,16-3)7-6-13(15)12-9-10-4-5-11(12)8-10/h10-12H,4-9H2,1-3H3. The van der Waals surface area contributed by atoms with Crippen molar-refractivity contribution in [2.75, 3.05) is 7.11 Å². The molecule has 0 aromatic rings. The number of Topliss-reactive ketones (excluding diaryl/α,β-unsaturated/α-hetero) is 1. The van der Waals surface area contributed by atoms with Gasteiger partial charge >= 0.3 is 0 Å². The summed E-state index contributed by atoms with van der Waals surface area (Å²) in [6.45, 7) is 4.11. The minimum Gasteiger partial charge on any atom is -0.379 e. The van der Waals surface area contributed by atoms with Gasteiger partial charge in [0.15, 0.2) is 0 Å². The van der Waals surface area contributed by atoms with Crippen molar-refractivity contribution in [3.05, 3.63) is 0 Å². The second-order valence-electron chi connectivity index (χ2n) is 6.21. The zero-order valence-corrected chi connectivity index (χ0v) is 10.8. The first kappa shape index (κ1) is 12.1. The van der Waals surface area contributed by atoms with Crippen LogP contribution in [0.15, 0.2) is 0 Å². The van der Waals surface area contributed by atoms with Gasteiger partial charge in [0, 0.05) is 19.4 Å². The van der Waals surface area contributed by atoms with Crippen LogP contribution in [0.3, 0.4) is 0 Å². The van der Waals surface area contributed by atoms with Gasteiger partial charge in [-0.2, -0.15) is 0 Å². The quantitative estimate of drug-likeness (QED) is 0.717. The normalized spacial score (nSPS) is 33.3. The Balaban J connectivity index is 1.81. The van der Waals surface area contributed by atoms with Gasteiger partial charge in [-0.15, -0.1) is 0 Å². The summed E-state index contributed by atoms with van der Waals surface area (Å²) in [7, 11) is 1.72. The third-order valence-corrected chi connectivity index (χ3v) is 4.68. The number of hydrogen-bond acceptors (Lipinski definition) is 2. The van der Waals surface area contributed by atoms with Crippen LogP contribution in [0.25, 0.3) is 0 Å². The average Bonchev–Trinajstić information content (AvgIpc) is 2.87. The Bertz CT molecular complexity index is 270. The highest BCUT2D eigenvalue weighted by Crippen LogP contribution is 2.49. The molecule has 0 aliphatic heterocycles. The molecule has 3 atom stereocenters. The van der Waals surface area contributed by atoms with E-state index in [0.717, 1.165) is 18.3 Å². The molecule has 0 amide bonds. The third kappa shape index (κ3) is 2.48. The summed E-state index contributed by atoms with van der Waals surface area (Å²) >= 11 is 0. The maximum Gasteiger partial charge on any atom is 0.136 e. The first-order valence-electron chi connectivity index (χ1n) is 6.60. The molecule has 0 saturated heterocycles.